The number of likely N-dealkylation sites (tertiary alicyclic amines) is 1. The minimum Gasteiger partial charge on any atom is -0.391 e. The molecule has 110 valence electrons. The monoisotopic (exact) mass is 298 g/mol. The van der Waals surface area contributed by atoms with Crippen molar-refractivity contribution in [1.82, 2.24) is 4.90 Å². The molecule has 0 saturated carbocycles. The molecule has 1 amide bonds. The van der Waals surface area contributed by atoms with Crippen LogP contribution in [0.3, 0.4) is 0 Å². The topological polar surface area (TPSA) is 96.0 Å². The van der Waals surface area contributed by atoms with Crippen LogP contribution < -0.4 is 5.50 Å². The number of nitrogens with two attached hydrogens (primary N) is 1. The number of nitrogens with zero attached hydrogens (tertiary/aromatic N) is 1. The molecular formula is C13H19N2O4P. The van der Waals surface area contributed by atoms with Gasteiger partial charge in [0.1, 0.15) is 0 Å². The number of amides is 1. The molecule has 2 rings (SSSR count). The standard InChI is InChI=1S/C13H19N2O4P/c14-20(18)19-9-11-7-12(16)8-15(11)13(17)6-10-4-2-1-3-5-10/h1-5,11-12,16,18H,6-9,14H2/t11-,12+,20?/m0/s1. The molecule has 1 heterocycles. The first-order chi connectivity index (χ1) is 9.56. The number of hydrogen-bond donors (Lipinski definition) is 3. The zero-order valence-electron chi connectivity index (χ0n) is 11.1. The summed E-state index contributed by atoms with van der Waals surface area (Å²) in [6.45, 7) is 0.448. The lowest BCUT2D eigenvalue weighted by Crippen LogP contribution is -2.39. The van der Waals surface area contributed by atoms with Crippen LogP contribution in [0.15, 0.2) is 30.3 Å². The van der Waals surface area contributed by atoms with Gasteiger partial charge in [0.05, 0.1) is 25.2 Å². The van der Waals surface area contributed by atoms with Crippen molar-refractivity contribution in [3.63, 3.8) is 0 Å². The van der Waals surface area contributed by atoms with E-state index >= 15 is 0 Å². The highest BCUT2D eigenvalue weighted by Gasteiger charge is 2.34. The maximum atomic E-state index is 12.3. The summed E-state index contributed by atoms with van der Waals surface area (Å²) in [6.07, 6.45) is 0.190. The summed E-state index contributed by atoms with van der Waals surface area (Å²) in [7, 11) is -1.94. The molecule has 1 fully saturated rings. The lowest BCUT2D eigenvalue weighted by molar-refractivity contribution is -0.132. The maximum absolute atomic E-state index is 12.3. The molecule has 1 aromatic carbocycles. The lowest BCUT2D eigenvalue weighted by Gasteiger charge is -2.24. The van der Waals surface area contributed by atoms with Gasteiger partial charge in [0.15, 0.2) is 0 Å². The van der Waals surface area contributed by atoms with E-state index in [2.05, 4.69) is 0 Å². The molecule has 0 bridgehead atoms. The fourth-order valence-electron chi connectivity index (χ4n) is 2.39. The van der Waals surface area contributed by atoms with Crippen molar-refractivity contribution < 1.29 is 19.3 Å². The normalized spacial score (nSPS) is 23.9. The molecular weight excluding hydrogens is 279 g/mol. The molecule has 1 aliphatic heterocycles. The summed E-state index contributed by atoms with van der Waals surface area (Å²) < 4.78 is 5.00. The fourth-order valence-corrected chi connectivity index (χ4v) is 2.71. The van der Waals surface area contributed by atoms with Gasteiger partial charge in [-0.1, -0.05) is 30.3 Å². The third kappa shape index (κ3) is 4.23. The Morgan fingerprint density at radius 2 is 2.15 bits per heavy atom. The average molecular weight is 298 g/mol. The van der Waals surface area contributed by atoms with Crippen molar-refractivity contribution in [2.75, 3.05) is 13.2 Å². The van der Waals surface area contributed by atoms with E-state index in [1.807, 2.05) is 30.3 Å². The summed E-state index contributed by atoms with van der Waals surface area (Å²) in [5.74, 6) is -0.0550. The number of carbonyl (C=O) groups is 1. The van der Waals surface area contributed by atoms with E-state index < -0.39 is 14.6 Å². The van der Waals surface area contributed by atoms with Crippen LogP contribution in [-0.4, -0.2) is 46.1 Å². The molecule has 4 N–H and O–H groups in total. The van der Waals surface area contributed by atoms with Crippen molar-refractivity contribution in [3.8, 4) is 0 Å². The van der Waals surface area contributed by atoms with Crippen LogP contribution in [0.5, 0.6) is 0 Å². The zero-order valence-corrected chi connectivity index (χ0v) is 11.9. The van der Waals surface area contributed by atoms with E-state index in [1.54, 1.807) is 4.90 Å². The van der Waals surface area contributed by atoms with Gasteiger partial charge >= 0.3 is 0 Å². The van der Waals surface area contributed by atoms with Crippen LogP contribution in [0.1, 0.15) is 12.0 Å². The fraction of sp³-hybridized carbons (Fsp3) is 0.462. The Morgan fingerprint density at radius 1 is 1.45 bits per heavy atom. The van der Waals surface area contributed by atoms with Gasteiger partial charge in [-0.3, -0.25) is 10.3 Å². The minimum absolute atomic E-state index is 0.0550. The number of aliphatic hydroxyl groups is 1. The number of aliphatic hydroxyl groups excluding tert-OH is 1. The van der Waals surface area contributed by atoms with Gasteiger partial charge in [0, 0.05) is 6.54 Å². The van der Waals surface area contributed by atoms with Gasteiger partial charge in [-0.25, -0.2) is 0 Å². The van der Waals surface area contributed by atoms with Crippen molar-refractivity contribution in [3.05, 3.63) is 35.9 Å². The Bertz CT molecular complexity index is 443. The Labute approximate surface area is 119 Å². The predicted molar refractivity (Wildman–Crippen MR) is 75.5 cm³/mol. The van der Waals surface area contributed by atoms with Gasteiger partial charge < -0.3 is 19.4 Å². The number of β-amino-alcohol motifs (C(OH)–C–C–N with tert-alkyl or cyclic N) is 1. The first kappa shape index (κ1) is 15.4. The van der Waals surface area contributed by atoms with Crippen LogP contribution in [0.2, 0.25) is 0 Å². The highest BCUT2D eigenvalue weighted by molar-refractivity contribution is 7.43. The average Bonchev–Trinajstić information content (AvgIpc) is 2.79. The molecule has 0 aromatic heterocycles. The molecule has 0 spiro atoms. The smallest absolute Gasteiger partial charge is 0.250 e. The van der Waals surface area contributed by atoms with E-state index in [-0.39, 0.29) is 18.6 Å². The third-order valence-electron chi connectivity index (χ3n) is 3.31. The molecule has 6 nitrogen and oxygen atoms in total. The van der Waals surface area contributed by atoms with Crippen LogP contribution in [0.4, 0.5) is 0 Å². The van der Waals surface area contributed by atoms with Gasteiger partial charge in [-0.05, 0) is 12.0 Å². The lowest BCUT2D eigenvalue weighted by atomic mass is 10.1. The van der Waals surface area contributed by atoms with E-state index in [0.717, 1.165) is 5.56 Å². The SMILES string of the molecule is NP(O)OC[C@@H]1C[C@@H](O)CN1C(=O)Cc1ccccc1. The van der Waals surface area contributed by atoms with E-state index in [0.29, 0.717) is 19.4 Å². The molecule has 1 aliphatic rings. The number of hydrogen-bond acceptors (Lipinski definition) is 5. The summed E-state index contributed by atoms with van der Waals surface area (Å²) in [6, 6.07) is 9.22. The summed E-state index contributed by atoms with van der Waals surface area (Å²) >= 11 is 0. The van der Waals surface area contributed by atoms with Gasteiger partial charge in [0.2, 0.25) is 14.4 Å². The van der Waals surface area contributed by atoms with Gasteiger partial charge in [0.25, 0.3) is 0 Å². The molecule has 0 aliphatic carbocycles. The van der Waals surface area contributed by atoms with E-state index in [1.165, 1.54) is 0 Å². The first-order valence-corrected chi connectivity index (χ1v) is 7.72. The number of benzene rings is 1. The highest BCUT2D eigenvalue weighted by Crippen LogP contribution is 2.25. The van der Waals surface area contributed by atoms with Crippen molar-refractivity contribution in [2.24, 2.45) is 5.50 Å². The second-order valence-corrected chi connectivity index (χ2v) is 5.71. The summed E-state index contributed by atoms with van der Waals surface area (Å²) in [4.78, 5) is 22.9. The van der Waals surface area contributed by atoms with Crippen LogP contribution >= 0.6 is 8.53 Å². The molecule has 0 radical (unpaired) electrons. The highest BCUT2D eigenvalue weighted by atomic mass is 31.2. The molecule has 1 unspecified atom stereocenters. The Hall–Kier alpha value is -1.04. The Balaban J connectivity index is 1.96. The maximum Gasteiger partial charge on any atom is 0.250 e. The van der Waals surface area contributed by atoms with Crippen LogP contribution in [-0.2, 0) is 15.7 Å². The first-order valence-electron chi connectivity index (χ1n) is 6.44. The van der Waals surface area contributed by atoms with Gasteiger partial charge in [-0.2, -0.15) is 0 Å². The second kappa shape index (κ2) is 7.11. The number of carbonyl (C=O) groups excluding carboxylic acids is 1. The third-order valence-corrected chi connectivity index (χ3v) is 3.72. The molecule has 1 saturated heterocycles. The van der Waals surface area contributed by atoms with E-state index in [4.69, 9.17) is 14.9 Å². The minimum atomic E-state index is -1.94. The second-order valence-electron chi connectivity index (χ2n) is 4.85. The quantitative estimate of drug-likeness (QED) is 0.683. The summed E-state index contributed by atoms with van der Waals surface area (Å²) in [5, 5.41) is 9.71. The largest absolute Gasteiger partial charge is 0.391 e. The Kier molecular flexibility index (Phi) is 5.46. The molecule has 1 aromatic rings. The zero-order chi connectivity index (χ0) is 14.5. The van der Waals surface area contributed by atoms with Crippen LogP contribution in [0, 0.1) is 0 Å². The molecule has 20 heavy (non-hydrogen) atoms. The van der Waals surface area contributed by atoms with Gasteiger partial charge in [-0.15, -0.1) is 0 Å². The van der Waals surface area contributed by atoms with Crippen molar-refractivity contribution in [1.29, 1.82) is 0 Å². The Morgan fingerprint density at radius 3 is 2.80 bits per heavy atom. The van der Waals surface area contributed by atoms with Crippen LogP contribution in [0.25, 0.3) is 0 Å². The molecule has 7 heteroatoms. The molecule has 3 atom stereocenters. The van der Waals surface area contributed by atoms with E-state index in [9.17, 15) is 9.90 Å². The summed E-state index contributed by atoms with van der Waals surface area (Å²) in [5.41, 5.74) is 6.11. The van der Waals surface area contributed by atoms with Crippen molar-refractivity contribution >= 4 is 14.4 Å². The number of rotatable bonds is 5. The van der Waals surface area contributed by atoms with Crippen molar-refractivity contribution in [2.45, 2.75) is 25.0 Å². The predicted octanol–water partition coefficient (Wildman–Crippen LogP) is 0.385.